The Balaban J connectivity index is 1.76. The van der Waals surface area contributed by atoms with E-state index in [9.17, 15) is 4.79 Å². The van der Waals surface area contributed by atoms with Crippen LogP contribution in [0.2, 0.25) is 5.02 Å². The maximum Gasteiger partial charge on any atom is 0.224 e. The number of halogens is 1. The molecule has 21 heavy (non-hydrogen) atoms. The van der Waals surface area contributed by atoms with Gasteiger partial charge in [-0.2, -0.15) is 0 Å². The first kappa shape index (κ1) is 14.6. The van der Waals surface area contributed by atoms with Crippen LogP contribution in [0.25, 0.3) is 11.0 Å². The Morgan fingerprint density at radius 1 is 1.38 bits per heavy atom. The zero-order chi connectivity index (χ0) is 14.8. The summed E-state index contributed by atoms with van der Waals surface area (Å²) < 4.78 is 7.77. The normalized spacial score (nSPS) is 15.6. The summed E-state index contributed by atoms with van der Waals surface area (Å²) in [5.41, 5.74) is 1.75. The number of amides is 1. The number of H-pyrrole nitrogens is 1. The molecule has 1 aliphatic heterocycles. The molecular formula is C14H16ClN3O2S. The summed E-state index contributed by atoms with van der Waals surface area (Å²) in [5.74, 6) is 0.136. The van der Waals surface area contributed by atoms with Crippen molar-refractivity contribution in [1.29, 1.82) is 0 Å². The molecule has 0 radical (unpaired) electrons. The van der Waals surface area contributed by atoms with E-state index < -0.39 is 0 Å². The van der Waals surface area contributed by atoms with Gasteiger partial charge in [0.1, 0.15) is 0 Å². The largest absolute Gasteiger partial charge is 0.378 e. The number of hydrogen-bond donors (Lipinski definition) is 1. The van der Waals surface area contributed by atoms with Crippen molar-refractivity contribution >= 4 is 40.8 Å². The first-order valence-electron chi connectivity index (χ1n) is 6.89. The van der Waals surface area contributed by atoms with Gasteiger partial charge in [0.25, 0.3) is 0 Å². The van der Waals surface area contributed by atoms with Crippen molar-refractivity contribution in [2.45, 2.75) is 13.0 Å². The van der Waals surface area contributed by atoms with E-state index in [2.05, 4.69) is 4.98 Å². The molecule has 1 aromatic carbocycles. The van der Waals surface area contributed by atoms with E-state index in [4.69, 9.17) is 28.6 Å². The Kier molecular flexibility index (Phi) is 4.28. The van der Waals surface area contributed by atoms with Gasteiger partial charge in [0.2, 0.25) is 5.91 Å². The van der Waals surface area contributed by atoms with E-state index in [-0.39, 0.29) is 5.91 Å². The number of imidazole rings is 1. The van der Waals surface area contributed by atoms with Crippen LogP contribution in [0.15, 0.2) is 18.2 Å². The average molecular weight is 326 g/mol. The number of carbonyl (C=O) groups excluding carboxylic acids is 1. The number of aromatic amines is 1. The number of nitrogens with one attached hydrogen (secondary N) is 1. The lowest BCUT2D eigenvalue weighted by Gasteiger charge is -2.26. The van der Waals surface area contributed by atoms with E-state index in [0.717, 1.165) is 11.0 Å². The van der Waals surface area contributed by atoms with E-state index in [1.165, 1.54) is 0 Å². The highest BCUT2D eigenvalue weighted by atomic mass is 35.5. The number of benzene rings is 1. The summed E-state index contributed by atoms with van der Waals surface area (Å²) >= 11 is 11.5. The summed E-state index contributed by atoms with van der Waals surface area (Å²) in [4.78, 5) is 17.1. The lowest BCUT2D eigenvalue weighted by Crippen LogP contribution is -2.40. The fourth-order valence-electron chi connectivity index (χ4n) is 2.55. The minimum absolute atomic E-state index is 0.136. The van der Waals surface area contributed by atoms with Crippen LogP contribution in [0.4, 0.5) is 0 Å². The van der Waals surface area contributed by atoms with Crippen LogP contribution in [-0.4, -0.2) is 46.7 Å². The van der Waals surface area contributed by atoms with Crippen LogP contribution in [0, 0.1) is 4.77 Å². The number of ether oxygens (including phenoxy) is 1. The predicted octanol–water partition coefficient (Wildman–Crippen LogP) is 2.60. The second-order valence-corrected chi connectivity index (χ2v) is 5.75. The SMILES string of the molecule is O=C(CCn1c(=S)[nH]c2c(Cl)cccc21)N1CCOCC1. The molecule has 3 rings (SSSR count). The second kappa shape index (κ2) is 6.17. The third-order valence-corrected chi connectivity index (χ3v) is 4.31. The molecule has 1 aromatic heterocycles. The van der Waals surface area contributed by atoms with Crippen molar-refractivity contribution in [3.05, 3.63) is 28.0 Å². The molecule has 1 saturated heterocycles. The number of rotatable bonds is 3. The fourth-order valence-corrected chi connectivity index (χ4v) is 3.05. The van der Waals surface area contributed by atoms with Crippen LogP contribution >= 0.6 is 23.8 Å². The van der Waals surface area contributed by atoms with E-state index in [1.54, 1.807) is 0 Å². The van der Waals surface area contributed by atoms with Crippen molar-refractivity contribution in [2.75, 3.05) is 26.3 Å². The highest BCUT2D eigenvalue weighted by molar-refractivity contribution is 7.71. The minimum atomic E-state index is 0.136. The Labute approximate surface area is 132 Å². The highest BCUT2D eigenvalue weighted by Gasteiger charge is 2.17. The number of aryl methyl sites for hydroxylation is 1. The van der Waals surface area contributed by atoms with Gasteiger partial charge in [0.15, 0.2) is 4.77 Å². The molecule has 1 aliphatic rings. The third-order valence-electron chi connectivity index (χ3n) is 3.67. The molecule has 0 unspecified atom stereocenters. The highest BCUT2D eigenvalue weighted by Crippen LogP contribution is 2.22. The van der Waals surface area contributed by atoms with E-state index in [0.29, 0.717) is 49.1 Å². The molecule has 7 heteroatoms. The van der Waals surface area contributed by atoms with Gasteiger partial charge in [-0.1, -0.05) is 17.7 Å². The molecule has 1 N–H and O–H groups in total. The molecule has 0 aliphatic carbocycles. The number of hydrogen-bond acceptors (Lipinski definition) is 3. The van der Waals surface area contributed by atoms with Gasteiger partial charge in [-0.15, -0.1) is 0 Å². The van der Waals surface area contributed by atoms with Crippen molar-refractivity contribution in [3.63, 3.8) is 0 Å². The first-order chi connectivity index (χ1) is 10.2. The fraction of sp³-hybridized carbons (Fsp3) is 0.429. The van der Waals surface area contributed by atoms with Crippen LogP contribution in [0.3, 0.4) is 0 Å². The summed E-state index contributed by atoms with van der Waals surface area (Å²) in [5, 5.41) is 0.636. The smallest absolute Gasteiger partial charge is 0.224 e. The third kappa shape index (κ3) is 2.97. The number of aromatic nitrogens is 2. The Morgan fingerprint density at radius 3 is 2.90 bits per heavy atom. The van der Waals surface area contributed by atoms with Crippen LogP contribution in [0.1, 0.15) is 6.42 Å². The number of morpholine rings is 1. The molecule has 0 atom stereocenters. The molecule has 1 fully saturated rings. The van der Waals surface area contributed by atoms with Gasteiger partial charge < -0.3 is 19.2 Å². The molecular weight excluding hydrogens is 310 g/mol. The lowest BCUT2D eigenvalue weighted by atomic mass is 10.3. The topological polar surface area (TPSA) is 50.3 Å². The van der Waals surface area contributed by atoms with Crippen LogP contribution < -0.4 is 0 Å². The van der Waals surface area contributed by atoms with Gasteiger partial charge in [-0.3, -0.25) is 4.79 Å². The van der Waals surface area contributed by atoms with Gasteiger partial charge >= 0.3 is 0 Å². The minimum Gasteiger partial charge on any atom is -0.378 e. The molecule has 2 aromatic rings. The molecule has 2 heterocycles. The summed E-state index contributed by atoms with van der Waals surface area (Å²) in [7, 11) is 0. The number of nitrogens with zero attached hydrogens (tertiary/aromatic N) is 2. The van der Waals surface area contributed by atoms with E-state index in [1.807, 2.05) is 27.7 Å². The molecule has 112 valence electrons. The van der Waals surface area contributed by atoms with Gasteiger partial charge in [-0.25, -0.2) is 0 Å². The maximum absolute atomic E-state index is 12.2. The number of para-hydroxylation sites is 1. The Hall–Kier alpha value is -1.37. The Bertz CT molecular complexity index is 719. The summed E-state index contributed by atoms with van der Waals surface area (Å²) in [6.45, 7) is 3.13. The predicted molar refractivity (Wildman–Crippen MR) is 84.1 cm³/mol. The molecule has 0 bridgehead atoms. The summed E-state index contributed by atoms with van der Waals surface area (Å²) in [6, 6.07) is 5.65. The average Bonchev–Trinajstić information content (AvgIpc) is 2.83. The van der Waals surface area contributed by atoms with Crippen molar-refractivity contribution in [1.82, 2.24) is 14.5 Å². The standard InChI is InChI=1S/C14H16ClN3O2S/c15-10-2-1-3-11-13(10)16-14(21)18(11)5-4-12(19)17-6-8-20-9-7-17/h1-3H,4-9H2,(H,16,21). The zero-order valence-electron chi connectivity index (χ0n) is 11.5. The first-order valence-corrected chi connectivity index (χ1v) is 7.68. The molecule has 0 spiro atoms. The van der Waals surface area contributed by atoms with Crippen LogP contribution in [0.5, 0.6) is 0 Å². The Morgan fingerprint density at radius 2 is 2.14 bits per heavy atom. The van der Waals surface area contributed by atoms with E-state index >= 15 is 0 Å². The van der Waals surface area contributed by atoms with Crippen molar-refractivity contribution in [3.8, 4) is 0 Å². The van der Waals surface area contributed by atoms with Gasteiger partial charge in [0, 0.05) is 26.1 Å². The molecule has 0 saturated carbocycles. The zero-order valence-corrected chi connectivity index (χ0v) is 13.0. The second-order valence-electron chi connectivity index (χ2n) is 4.96. The number of carbonyl (C=O) groups is 1. The summed E-state index contributed by atoms with van der Waals surface area (Å²) in [6.07, 6.45) is 0.424. The monoisotopic (exact) mass is 325 g/mol. The van der Waals surface area contributed by atoms with Gasteiger partial charge in [0.05, 0.1) is 29.3 Å². The maximum atomic E-state index is 12.2. The quantitative estimate of drug-likeness (QED) is 0.883. The molecule has 5 nitrogen and oxygen atoms in total. The van der Waals surface area contributed by atoms with Crippen LogP contribution in [-0.2, 0) is 16.1 Å². The number of fused-ring (bicyclic) bond motifs is 1. The molecule has 1 amide bonds. The van der Waals surface area contributed by atoms with Crippen molar-refractivity contribution < 1.29 is 9.53 Å². The van der Waals surface area contributed by atoms with Gasteiger partial charge in [-0.05, 0) is 24.4 Å². The van der Waals surface area contributed by atoms with Crippen molar-refractivity contribution in [2.24, 2.45) is 0 Å². The lowest BCUT2D eigenvalue weighted by molar-refractivity contribution is -0.135.